The molecule has 3 rings (SSSR count). The molecule has 0 radical (unpaired) electrons. The first-order valence-corrected chi connectivity index (χ1v) is 8.91. The van der Waals surface area contributed by atoms with Crippen LogP contribution in [0.15, 0.2) is 12.4 Å². The topological polar surface area (TPSA) is 85.4 Å². The lowest BCUT2D eigenvalue weighted by atomic mass is 9.71. The van der Waals surface area contributed by atoms with Crippen molar-refractivity contribution in [1.29, 1.82) is 0 Å². The molecule has 2 fully saturated rings. The molecular formula is C18H28N4O3. The maximum atomic E-state index is 12.2. The van der Waals surface area contributed by atoms with Gasteiger partial charge in [0.1, 0.15) is 5.60 Å². The number of carbonyl (C=O) groups excluding carboxylic acids is 1. The highest BCUT2D eigenvalue weighted by molar-refractivity contribution is 5.68. The zero-order valence-electron chi connectivity index (χ0n) is 15.6. The first-order valence-electron chi connectivity index (χ1n) is 8.91. The molecule has 0 bridgehead atoms. The van der Waals surface area contributed by atoms with Crippen molar-refractivity contribution in [2.45, 2.75) is 70.9 Å². The van der Waals surface area contributed by atoms with Crippen LogP contribution in [-0.2, 0) is 9.47 Å². The van der Waals surface area contributed by atoms with E-state index >= 15 is 0 Å². The molecule has 1 amide bonds. The molecule has 25 heavy (non-hydrogen) atoms. The Morgan fingerprint density at radius 2 is 2.04 bits per heavy atom. The minimum atomic E-state index is -0.508. The minimum Gasteiger partial charge on any atom is -0.444 e. The lowest BCUT2D eigenvalue weighted by Gasteiger charge is -2.49. The van der Waals surface area contributed by atoms with Crippen LogP contribution in [0.5, 0.6) is 0 Å². The van der Waals surface area contributed by atoms with Gasteiger partial charge >= 0.3 is 6.09 Å². The van der Waals surface area contributed by atoms with Gasteiger partial charge in [-0.3, -0.25) is 9.97 Å². The number of rotatable bonds is 4. The monoisotopic (exact) mass is 348 g/mol. The number of hydrogen-bond donors (Lipinski definition) is 2. The quantitative estimate of drug-likeness (QED) is 0.867. The molecule has 5 atom stereocenters. The van der Waals surface area contributed by atoms with Crippen molar-refractivity contribution >= 4 is 6.09 Å². The van der Waals surface area contributed by atoms with Gasteiger partial charge in [0.15, 0.2) is 0 Å². The number of amides is 1. The zero-order chi connectivity index (χ0) is 18.2. The standard InChI is InChI=1S/C18H28N4O3/c1-10-13(20-8-7-19-10)11(2)21-15-14(12-6-9-24-16(12)15)22-17(23)25-18(3,4)5/h7-8,11-12,14-16,21H,6,9H2,1-5H3,(H,22,23). The van der Waals surface area contributed by atoms with Gasteiger partial charge in [0.2, 0.25) is 0 Å². The predicted octanol–water partition coefficient (Wildman–Crippen LogP) is 2.12. The van der Waals surface area contributed by atoms with Crippen molar-refractivity contribution in [3.05, 3.63) is 23.8 Å². The van der Waals surface area contributed by atoms with E-state index in [-0.39, 0.29) is 30.3 Å². The van der Waals surface area contributed by atoms with Crippen LogP contribution in [0.2, 0.25) is 0 Å². The highest BCUT2D eigenvalue weighted by Crippen LogP contribution is 2.40. The Kier molecular flexibility index (Phi) is 4.97. The number of aryl methyl sites for hydroxylation is 1. The van der Waals surface area contributed by atoms with Gasteiger partial charge in [-0.2, -0.15) is 0 Å². The number of alkyl carbamates (subject to hydrolysis) is 1. The second kappa shape index (κ2) is 6.88. The summed E-state index contributed by atoms with van der Waals surface area (Å²) in [5.41, 5.74) is 1.31. The van der Waals surface area contributed by atoms with Crippen LogP contribution >= 0.6 is 0 Å². The highest BCUT2D eigenvalue weighted by Gasteiger charge is 2.55. The van der Waals surface area contributed by atoms with E-state index in [0.29, 0.717) is 5.92 Å². The number of carbonyl (C=O) groups is 1. The van der Waals surface area contributed by atoms with Gasteiger partial charge in [0.05, 0.1) is 29.6 Å². The lowest BCUT2D eigenvalue weighted by molar-refractivity contribution is -0.0373. The van der Waals surface area contributed by atoms with Gasteiger partial charge in [0, 0.05) is 31.0 Å². The Morgan fingerprint density at radius 1 is 1.32 bits per heavy atom. The molecule has 7 heteroatoms. The fraction of sp³-hybridized carbons (Fsp3) is 0.722. The summed E-state index contributed by atoms with van der Waals surface area (Å²) in [7, 11) is 0. The summed E-state index contributed by atoms with van der Waals surface area (Å²) in [4.78, 5) is 20.9. The average Bonchev–Trinajstić information content (AvgIpc) is 2.93. The maximum Gasteiger partial charge on any atom is 0.407 e. The Bertz CT molecular complexity index is 631. The molecule has 1 aliphatic heterocycles. The number of nitrogens with zero attached hydrogens (tertiary/aromatic N) is 2. The Balaban J connectivity index is 1.66. The molecule has 0 spiro atoms. The second-order valence-corrected chi connectivity index (χ2v) is 7.90. The molecule has 1 saturated carbocycles. The number of nitrogens with one attached hydrogen (secondary N) is 2. The van der Waals surface area contributed by atoms with Gasteiger partial charge in [-0.15, -0.1) is 0 Å². The molecule has 1 aromatic rings. The summed E-state index contributed by atoms with van der Waals surface area (Å²) < 4.78 is 11.3. The zero-order valence-corrected chi connectivity index (χ0v) is 15.6. The molecule has 7 nitrogen and oxygen atoms in total. The van der Waals surface area contributed by atoms with Crippen molar-refractivity contribution in [1.82, 2.24) is 20.6 Å². The van der Waals surface area contributed by atoms with Gasteiger partial charge in [-0.25, -0.2) is 4.79 Å². The van der Waals surface area contributed by atoms with Gasteiger partial charge in [0.25, 0.3) is 0 Å². The van der Waals surface area contributed by atoms with E-state index in [4.69, 9.17) is 9.47 Å². The normalized spacial score (nSPS) is 29.5. The summed E-state index contributed by atoms with van der Waals surface area (Å²) in [5, 5.41) is 6.59. The molecule has 1 aliphatic carbocycles. The van der Waals surface area contributed by atoms with Gasteiger partial charge in [-0.05, 0) is 41.0 Å². The molecular weight excluding hydrogens is 320 g/mol. The number of fused-ring (bicyclic) bond motifs is 1. The van der Waals surface area contributed by atoms with E-state index in [1.165, 1.54) is 0 Å². The van der Waals surface area contributed by atoms with Crippen molar-refractivity contribution in [2.75, 3.05) is 6.61 Å². The predicted molar refractivity (Wildman–Crippen MR) is 93.1 cm³/mol. The summed E-state index contributed by atoms with van der Waals surface area (Å²) in [6.07, 6.45) is 4.10. The van der Waals surface area contributed by atoms with E-state index in [1.807, 2.05) is 27.7 Å². The number of aromatic nitrogens is 2. The van der Waals surface area contributed by atoms with Crippen molar-refractivity contribution < 1.29 is 14.3 Å². The van der Waals surface area contributed by atoms with E-state index in [2.05, 4.69) is 27.5 Å². The summed E-state index contributed by atoms with van der Waals surface area (Å²) in [6, 6.07) is 0.0602. The van der Waals surface area contributed by atoms with E-state index in [9.17, 15) is 4.79 Å². The molecule has 2 aliphatic rings. The van der Waals surface area contributed by atoms with Crippen LogP contribution in [0.25, 0.3) is 0 Å². The van der Waals surface area contributed by atoms with Crippen LogP contribution < -0.4 is 10.6 Å². The first-order chi connectivity index (χ1) is 11.8. The van der Waals surface area contributed by atoms with E-state index in [0.717, 1.165) is 24.4 Å². The van der Waals surface area contributed by atoms with Crippen LogP contribution in [0.3, 0.4) is 0 Å². The molecule has 2 heterocycles. The second-order valence-electron chi connectivity index (χ2n) is 7.90. The van der Waals surface area contributed by atoms with Crippen molar-refractivity contribution in [2.24, 2.45) is 5.92 Å². The molecule has 138 valence electrons. The molecule has 1 saturated heterocycles. The molecule has 0 aromatic carbocycles. The third-order valence-electron chi connectivity index (χ3n) is 4.84. The lowest BCUT2D eigenvalue weighted by Crippen LogP contribution is -2.70. The van der Waals surface area contributed by atoms with E-state index < -0.39 is 5.60 Å². The molecule has 5 unspecified atom stereocenters. The van der Waals surface area contributed by atoms with Crippen molar-refractivity contribution in [3.63, 3.8) is 0 Å². The summed E-state index contributed by atoms with van der Waals surface area (Å²) in [5.74, 6) is 0.333. The van der Waals surface area contributed by atoms with Crippen molar-refractivity contribution in [3.8, 4) is 0 Å². The van der Waals surface area contributed by atoms with Crippen LogP contribution in [0.1, 0.15) is 51.5 Å². The Hall–Kier alpha value is -1.73. The summed E-state index contributed by atoms with van der Waals surface area (Å²) in [6.45, 7) is 10.3. The van der Waals surface area contributed by atoms with Gasteiger partial charge in [-0.1, -0.05) is 0 Å². The van der Waals surface area contributed by atoms with Gasteiger partial charge < -0.3 is 20.1 Å². The Morgan fingerprint density at radius 3 is 2.72 bits per heavy atom. The minimum absolute atomic E-state index is 0.00165. The summed E-state index contributed by atoms with van der Waals surface area (Å²) >= 11 is 0. The molecule has 2 N–H and O–H groups in total. The number of hydrogen-bond acceptors (Lipinski definition) is 6. The first kappa shape index (κ1) is 18.1. The third-order valence-corrected chi connectivity index (χ3v) is 4.84. The maximum absolute atomic E-state index is 12.2. The fourth-order valence-electron chi connectivity index (χ4n) is 3.76. The Labute approximate surface area is 148 Å². The largest absolute Gasteiger partial charge is 0.444 e. The number of ether oxygens (including phenoxy) is 2. The van der Waals surface area contributed by atoms with Crippen LogP contribution in [-0.4, -0.2) is 46.5 Å². The molecule has 1 aromatic heterocycles. The SMILES string of the molecule is Cc1nccnc1C(C)NC1C(NC(=O)OC(C)(C)C)C2CCOC21. The third kappa shape index (κ3) is 3.93. The highest BCUT2D eigenvalue weighted by atomic mass is 16.6. The van der Waals surface area contributed by atoms with E-state index in [1.54, 1.807) is 12.4 Å². The average molecular weight is 348 g/mol. The van der Waals surface area contributed by atoms with Crippen LogP contribution in [0, 0.1) is 12.8 Å². The van der Waals surface area contributed by atoms with Crippen LogP contribution in [0.4, 0.5) is 4.79 Å². The fourth-order valence-corrected chi connectivity index (χ4v) is 3.76. The smallest absolute Gasteiger partial charge is 0.407 e.